The Morgan fingerprint density at radius 1 is 1.55 bits per heavy atom. The molecule has 0 amide bonds. The van der Waals surface area contributed by atoms with Crippen molar-refractivity contribution >= 4 is 5.84 Å². The highest BCUT2D eigenvalue weighted by Gasteiger charge is 2.13. The van der Waals surface area contributed by atoms with Crippen molar-refractivity contribution in [1.82, 2.24) is 5.32 Å². The highest BCUT2D eigenvalue weighted by atomic mass is 16.4. The lowest BCUT2D eigenvalue weighted by atomic mass is 10.2. The van der Waals surface area contributed by atoms with E-state index in [0.717, 1.165) is 0 Å². The number of amidine groups is 1. The molecule has 0 heterocycles. The molecule has 1 saturated carbocycles. The highest BCUT2D eigenvalue weighted by Crippen LogP contribution is 2.16. The summed E-state index contributed by atoms with van der Waals surface area (Å²) in [5.41, 5.74) is 5.29. The lowest BCUT2D eigenvalue weighted by molar-refractivity contribution is 0.316. The van der Waals surface area contributed by atoms with Gasteiger partial charge in [-0.05, 0) is 12.8 Å². The van der Waals surface area contributed by atoms with Gasteiger partial charge in [0.1, 0.15) is 0 Å². The average Bonchev–Trinajstić information content (AvgIpc) is 2.52. The number of oxime groups is 1. The zero-order chi connectivity index (χ0) is 8.10. The molecule has 1 aliphatic carbocycles. The minimum Gasteiger partial charge on any atom is -0.409 e. The molecule has 11 heavy (non-hydrogen) atoms. The molecule has 4 N–H and O–H groups in total. The molecule has 1 aliphatic rings. The van der Waals surface area contributed by atoms with Gasteiger partial charge in [0.2, 0.25) is 0 Å². The minimum atomic E-state index is 0.261. The first-order valence-electron chi connectivity index (χ1n) is 4.02. The van der Waals surface area contributed by atoms with Crippen LogP contribution in [-0.4, -0.2) is 23.6 Å². The summed E-state index contributed by atoms with van der Waals surface area (Å²) in [5, 5.41) is 14.3. The van der Waals surface area contributed by atoms with Gasteiger partial charge in [-0.1, -0.05) is 18.0 Å². The highest BCUT2D eigenvalue weighted by molar-refractivity contribution is 5.81. The molecule has 0 spiro atoms. The van der Waals surface area contributed by atoms with E-state index in [-0.39, 0.29) is 5.84 Å². The van der Waals surface area contributed by atoms with Crippen molar-refractivity contribution in [1.29, 1.82) is 0 Å². The van der Waals surface area contributed by atoms with Crippen LogP contribution in [0.15, 0.2) is 5.16 Å². The number of nitrogens with zero attached hydrogens (tertiary/aromatic N) is 1. The third-order valence-electron chi connectivity index (χ3n) is 2.06. The molecule has 0 unspecified atom stereocenters. The number of hydrogen-bond acceptors (Lipinski definition) is 3. The van der Waals surface area contributed by atoms with Crippen LogP contribution in [0, 0.1) is 0 Å². The second kappa shape index (κ2) is 4.18. The number of hydrogen-bond donors (Lipinski definition) is 3. The van der Waals surface area contributed by atoms with E-state index in [1.807, 2.05) is 0 Å². The Hall–Kier alpha value is -0.770. The maximum Gasteiger partial charge on any atom is 0.153 e. The first kappa shape index (κ1) is 8.33. The zero-order valence-electron chi connectivity index (χ0n) is 6.58. The first-order valence-corrected chi connectivity index (χ1v) is 4.02. The molecule has 4 heteroatoms. The standard InChI is InChI=1S/C7H15N3O/c8-7(10-11)5-9-6-3-1-2-4-6/h6,9,11H,1-5H2,(H2,8,10). The molecule has 0 aromatic rings. The monoisotopic (exact) mass is 157 g/mol. The van der Waals surface area contributed by atoms with E-state index in [1.54, 1.807) is 0 Å². The summed E-state index contributed by atoms with van der Waals surface area (Å²) in [6.07, 6.45) is 5.04. The van der Waals surface area contributed by atoms with Gasteiger partial charge < -0.3 is 16.3 Å². The molecule has 0 aromatic carbocycles. The third-order valence-corrected chi connectivity index (χ3v) is 2.06. The van der Waals surface area contributed by atoms with Gasteiger partial charge in [-0.2, -0.15) is 0 Å². The van der Waals surface area contributed by atoms with Gasteiger partial charge in [0.15, 0.2) is 5.84 Å². The summed E-state index contributed by atoms with van der Waals surface area (Å²) in [5.74, 6) is 0.261. The fraction of sp³-hybridized carbons (Fsp3) is 0.857. The van der Waals surface area contributed by atoms with Crippen LogP contribution >= 0.6 is 0 Å². The maximum atomic E-state index is 8.23. The maximum absolute atomic E-state index is 8.23. The van der Waals surface area contributed by atoms with E-state index in [4.69, 9.17) is 10.9 Å². The van der Waals surface area contributed by atoms with Gasteiger partial charge in [0.05, 0.1) is 6.54 Å². The van der Waals surface area contributed by atoms with Crippen molar-refractivity contribution in [2.75, 3.05) is 6.54 Å². The second-order valence-electron chi connectivity index (χ2n) is 2.95. The topological polar surface area (TPSA) is 70.6 Å². The second-order valence-corrected chi connectivity index (χ2v) is 2.95. The molecule has 4 nitrogen and oxygen atoms in total. The number of nitrogens with one attached hydrogen (secondary N) is 1. The lowest BCUT2D eigenvalue weighted by Gasteiger charge is -2.09. The van der Waals surface area contributed by atoms with Crippen molar-refractivity contribution in [2.45, 2.75) is 31.7 Å². The minimum absolute atomic E-state index is 0.261. The largest absolute Gasteiger partial charge is 0.409 e. The van der Waals surface area contributed by atoms with Gasteiger partial charge in [-0.3, -0.25) is 0 Å². The van der Waals surface area contributed by atoms with Gasteiger partial charge in [0.25, 0.3) is 0 Å². The average molecular weight is 157 g/mol. The van der Waals surface area contributed by atoms with Crippen molar-refractivity contribution in [3.8, 4) is 0 Å². The van der Waals surface area contributed by atoms with E-state index in [2.05, 4.69) is 10.5 Å². The van der Waals surface area contributed by atoms with Crippen molar-refractivity contribution < 1.29 is 5.21 Å². The molecule has 0 aliphatic heterocycles. The van der Waals surface area contributed by atoms with Gasteiger partial charge in [-0.15, -0.1) is 0 Å². The molecule has 0 saturated heterocycles. The predicted octanol–water partition coefficient (Wildman–Crippen LogP) is 0.265. The summed E-state index contributed by atoms with van der Waals surface area (Å²) >= 11 is 0. The van der Waals surface area contributed by atoms with E-state index in [9.17, 15) is 0 Å². The van der Waals surface area contributed by atoms with Crippen LogP contribution in [-0.2, 0) is 0 Å². The van der Waals surface area contributed by atoms with Crippen molar-refractivity contribution in [3.63, 3.8) is 0 Å². The molecule has 0 aromatic heterocycles. The van der Waals surface area contributed by atoms with Crippen molar-refractivity contribution in [2.24, 2.45) is 10.9 Å². The van der Waals surface area contributed by atoms with E-state index >= 15 is 0 Å². The van der Waals surface area contributed by atoms with Crippen LogP contribution in [0.3, 0.4) is 0 Å². The Bertz CT molecular complexity index is 141. The SMILES string of the molecule is N/C(CNC1CCCC1)=N\O. The smallest absolute Gasteiger partial charge is 0.153 e. The Labute approximate surface area is 66.5 Å². The van der Waals surface area contributed by atoms with E-state index in [1.165, 1.54) is 25.7 Å². The van der Waals surface area contributed by atoms with E-state index < -0.39 is 0 Å². The molecule has 1 rings (SSSR count). The first-order chi connectivity index (χ1) is 5.33. The molecule has 1 fully saturated rings. The molecule has 0 atom stereocenters. The molecule has 64 valence electrons. The molecule has 0 radical (unpaired) electrons. The third kappa shape index (κ3) is 2.76. The Morgan fingerprint density at radius 2 is 2.18 bits per heavy atom. The van der Waals surface area contributed by atoms with Crippen LogP contribution in [0.2, 0.25) is 0 Å². The normalized spacial score (nSPS) is 20.9. The van der Waals surface area contributed by atoms with Gasteiger partial charge in [-0.25, -0.2) is 0 Å². The fourth-order valence-electron chi connectivity index (χ4n) is 1.41. The number of rotatable bonds is 3. The van der Waals surface area contributed by atoms with Crippen molar-refractivity contribution in [3.05, 3.63) is 0 Å². The fourth-order valence-corrected chi connectivity index (χ4v) is 1.41. The summed E-state index contributed by atoms with van der Waals surface area (Å²) in [6.45, 7) is 0.501. The molecular weight excluding hydrogens is 142 g/mol. The molecular formula is C7H15N3O. The molecule has 0 bridgehead atoms. The summed E-state index contributed by atoms with van der Waals surface area (Å²) in [6, 6.07) is 0.579. The van der Waals surface area contributed by atoms with Gasteiger partial charge >= 0.3 is 0 Å². The van der Waals surface area contributed by atoms with Gasteiger partial charge in [0, 0.05) is 6.04 Å². The van der Waals surface area contributed by atoms with E-state index in [0.29, 0.717) is 12.6 Å². The Kier molecular flexibility index (Phi) is 3.16. The van der Waals surface area contributed by atoms with Crippen LogP contribution in [0.25, 0.3) is 0 Å². The summed E-state index contributed by atoms with van der Waals surface area (Å²) in [7, 11) is 0. The Morgan fingerprint density at radius 3 is 2.73 bits per heavy atom. The Balaban J connectivity index is 2.11. The van der Waals surface area contributed by atoms with Crippen LogP contribution < -0.4 is 11.1 Å². The van der Waals surface area contributed by atoms with Crippen LogP contribution in [0.1, 0.15) is 25.7 Å². The quantitative estimate of drug-likeness (QED) is 0.238. The van der Waals surface area contributed by atoms with Crippen LogP contribution in [0.4, 0.5) is 0 Å². The predicted molar refractivity (Wildman–Crippen MR) is 43.7 cm³/mol. The zero-order valence-corrected chi connectivity index (χ0v) is 6.58. The summed E-state index contributed by atoms with van der Waals surface area (Å²) in [4.78, 5) is 0. The lowest BCUT2D eigenvalue weighted by Crippen LogP contribution is -2.35. The van der Waals surface area contributed by atoms with Crippen LogP contribution in [0.5, 0.6) is 0 Å². The summed E-state index contributed by atoms with van der Waals surface area (Å²) < 4.78 is 0. The number of nitrogens with two attached hydrogens (primary N) is 1.